The summed E-state index contributed by atoms with van der Waals surface area (Å²) >= 11 is 0. The van der Waals surface area contributed by atoms with Crippen LogP contribution < -0.4 is 14.8 Å². The summed E-state index contributed by atoms with van der Waals surface area (Å²) < 4.78 is 51.1. The van der Waals surface area contributed by atoms with Crippen molar-refractivity contribution in [2.45, 2.75) is 4.90 Å². The van der Waals surface area contributed by atoms with Crippen LogP contribution in [-0.2, 0) is 10.0 Å². The van der Waals surface area contributed by atoms with E-state index in [-0.39, 0.29) is 28.8 Å². The number of nitrogens with one attached hydrogen (secondary N) is 1. The Bertz CT molecular complexity index is 674. The fourth-order valence-electron chi connectivity index (χ4n) is 3.18. The summed E-state index contributed by atoms with van der Waals surface area (Å²) in [7, 11) is -1.11. The number of fused-ring (bicyclic) bond motifs is 1. The van der Waals surface area contributed by atoms with Gasteiger partial charge < -0.3 is 14.8 Å². The highest BCUT2D eigenvalue weighted by Gasteiger charge is 2.42. The number of methoxy groups -OCH3 is 2. The topological polar surface area (TPSA) is 67.9 Å². The number of hydrogen-bond acceptors (Lipinski definition) is 5. The van der Waals surface area contributed by atoms with Gasteiger partial charge in [-0.1, -0.05) is 0 Å². The second kappa shape index (κ2) is 6.80. The zero-order chi connectivity index (χ0) is 15.9. The molecular formula is C14H20ClFN2O4S. The van der Waals surface area contributed by atoms with E-state index in [1.165, 1.54) is 24.6 Å². The number of nitrogens with zero attached hydrogens (tertiary/aromatic N) is 1. The van der Waals surface area contributed by atoms with E-state index in [4.69, 9.17) is 9.47 Å². The van der Waals surface area contributed by atoms with E-state index in [1.807, 2.05) is 0 Å². The third kappa shape index (κ3) is 3.13. The Hall–Kier alpha value is -1.09. The van der Waals surface area contributed by atoms with Gasteiger partial charge in [0.2, 0.25) is 10.0 Å². The molecule has 0 unspecified atom stereocenters. The van der Waals surface area contributed by atoms with E-state index in [0.717, 1.165) is 19.2 Å². The van der Waals surface area contributed by atoms with Gasteiger partial charge in [0.25, 0.3) is 0 Å². The van der Waals surface area contributed by atoms with Crippen molar-refractivity contribution in [3.8, 4) is 11.5 Å². The molecule has 2 aliphatic heterocycles. The van der Waals surface area contributed by atoms with Crippen LogP contribution in [0.3, 0.4) is 0 Å². The Morgan fingerprint density at radius 3 is 2.17 bits per heavy atom. The molecule has 0 aliphatic carbocycles. The maximum atomic E-state index is 14.2. The van der Waals surface area contributed by atoms with E-state index < -0.39 is 15.8 Å². The molecule has 1 N–H and O–H groups in total. The van der Waals surface area contributed by atoms with Crippen molar-refractivity contribution in [3.05, 3.63) is 17.9 Å². The monoisotopic (exact) mass is 366 g/mol. The molecule has 0 amide bonds. The normalized spacial score (nSPS) is 24.1. The van der Waals surface area contributed by atoms with Crippen LogP contribution in [0.25, 0.3) is 0 Å². The van der Waals surface area contributed by atoms with Gasteiger partial charge in [-0.25, -0.2) is 12.8 Å². The molecule has 1 aromatic carbocycles. The number of halogens is 2. The van der Waals surface area contributed by atoms with Crippen LogP contribution in [0.15, 0.2) is 17.0 Å². The molecule has 0 saturated carbocycles. The van der Waals surface area contributed by atoms with Gasteiger partial charge in [0.1, 0.15) is 10.7 Å². The molecule has 6 nitrogen and oxygen atoms in total. The third-order valence-electron chi connectivity index (χ3n) is 4.41. The van der Waals surface area contributed by atoms with Gasteiger partial charge in [-0.15, -0.1) is 12.4 Å². The predicted molar refractivity (Wildman–Crippen MR) is 85.4 cm³/mol. The maximum Gasteiger partial charge on any atom is 0.246 e. The van der Waals surface area contributed by atoms with Crippen molar-refractivity contribution >= 4 is 22.4 Å². The molecule has 2 saturated heterocycles. The molecule has 0 aromatic heterocycles. The molecule has 3 rings (SSSR count). The molecule has 0 bridgehead atoms. The van der Waals surface area contributed by atoms with Crippen LogP contribution >= 0.6 is 12.4 Å². The quantitative estimate of drug-likeness (QED) is 0.864. The minimum Gasteiger partial charge on any atom is -0.493 e. The summed E-state index contributed by atoms with van der Waals surface area (Å²) in [5, 5.41) is 3.25. The highest BCUT2D eigenvalue weighted by atomic mass is 35.5. The standard InChI is InChI=1S/C14H19FN2O4S.ClH/c1-20-12-3-11(15)14(4-13(12)21-2)22(18,19)17-7-9-5-16-6-10(9)8-17;/h3-4,9-10,16H,5-8H2,1-2H3;1H/t9-,10+;. The van der Waals surface area contributed by atoms with Crippen molar-refractivity contribution in [1.82, 2.24) is 9.62 Å². The lowest BCUT2D eigenvalue weighted by Gasteiger charge is -2.19. The van der Waals surface area contributed by atoms with Crippen molar-refractivity contribution in [3.63, 3.8) is 0 Å². The van der Waals surface area contributed by atoms with E-state index in [0.29, 0.717) is 24.9 Å². The van der Waals surface area contributed by atoms with Crippen LogP contribution in [0.5, 0.6) is 11.5 Å². The Morgan fingerprint density at radius 1 is 1.13 bits per heavy atom. The molecule has 2 heterocycles. The first-order valence-electron chi connectivity index (χ1n) is 7.09. The average Bonchev–Trinajstić information content (AvgIpc) is 3.08. The summed E-state index contributed by atoms with van der Waals surface area (Å²) in [4.78, 5) is -0.363. The SMILES string of the molecule is COc1cc(F)c(S(=O)(=O)N2C[C@H]3CNC[C@H]3C2)cc1OC.Cl. The third-order valence-corrected chi connectivity index (χ3v) is 6.26. The summed E-state index contributed by atoms with van der Waals surface area (Å²) in [5.74, 6) is 0.147. The van der Waals surface area contributed by atoms with Gasteiger partial charge in [-0.3, -0.25) is 0 Å². The van der Waals surface area contributed by atoms with Crippen LogP contribution in [-0.4, -0.2) is 53.1 Å². The molecule has 9 heteroatoms. The Morgan fingerprint density at radius 2 is 1.65 bits per heavy atom. The summed E-state index contributed by atoms with van der Waals surface area (Å²) in [5.41, 5.74) is 0. The highest BCUT2D eigenvalue weighted by molar-refractivity contribution is 7.89. The summed E-state index contributed by atoms with van der Waals surface area (Å²) in [6, 6.07) is 2.24. The number of ether oxygens (including phenoxy) is 2. The first-order valence-corrected chi connectivity index (χ1v) is 8.53. The molecule has 2 atom stereocenters. The first-order chi connectivity index (χ1) is 10.5. The second-order valence-corrected chi connectivity index (χ2v) is 7.54. The first kappa shape index (κ1) is 18.3. The summed E-state index contributed by atoms with van der Waals surface area (Å²) in [6.45, 7) is 2.47. The molecular weight excluding hydrogens is 347 g/mol. The Balaban J connectivity index is 0.00000192. The number of benzene rings is 1. The van der Waals surface area contributed by atoms with Crippen molar-refractivity contribution in [2.24, 2.45) is 11.8 Å². The van der Waals surface area contributed by atoms with E-state index in [2.05, 4.69) is 5.32 Å². The van der Waals surface area contributed by atoms with Gasteiger partial charge in [0, 0.05) is 25.2 Å². The second-order valence-electron chi connectivity index (χ2n) is 5.64. The molecule has 0 radical (unpaired) electrons. The van der Waals surface area contributed by atoms with Crippen LogP contribution in [0.2, 0.25) is 0 Å². The molecule has 23 heavy (non-hydrogen) atoms. The van der Waals surface area contributed by atoms with Crippen LogP contribution in [0, 0.1) is 17.7 Å². The van der Waals surface area contributed by atoms with Crippen molar-refractivity contribution < 1.29 is 22.3 Å². The Kier molecular flexibility index (Phi) is 5.40. The van der Waals surface area contributed by atoms with E-state index >= 15 is 0 Å². The lowest BCUT2D eigenvalue weighted by Crippen LogP contribution is -2.32. The molecule has 1 aromatic rings. The van der Waals surface area contributed by atoms with Gasteiger partial charge >= 0.3 is 0 Å². The van der Waals surface area contributed by atoms with Crippen LogP contribution in [0.1, 0.15) is 0 Å². The highest BCUT2D eigenvalue weighted by Crippen LogP contribution is 2.36. The van der Waals surface area contributed by atoms with Gasteiger partial charge in [0.15, 0.2) is 11.5 Å². The molecule has 130 valence electrons. The largest absolute Gasteiger partial charge is 0.493 e. The van der Waals surface area contributed by atoms with Crippen LogP contribution in [0.4, 0.5) is 4.39 Å². The maximum absolute atomic E-state index is 14.2. The number of rotatable bonds is 4. The average molecular weight is 367 g/mol. The van der Waals surface area contributed by atoms with E-state index in [1.54, 1.807) is 0 Å². The lowest BCUT2D eigenvalue weighted by molar-refractivity contribution is 0.349. The zero-order valence-corrected chi connectivity index (χ0v) is 14.5. The van der Waals surface area contributed by atoms with Crippen molar-refractivity contribution in [1.29, 1.82) is 0 Å². The lowest BCUT2D eigenvalue weighted by atomic mass is 10.0. The smallest absolute Gasteiger partial charge is 0.246 e. The molecule has 2 aliphatic rings. The molecule has 2 fully saturated rings. The fourth-order valence-corrected chi connectivity index (χ4v) is 4.80. The van der Waals surface area contributed by atoms with Gasteiger partial charge in [-0.05, 0) is 24.9 Å². The number of hydrogen-bond donors (Lipinski definition) is 1. The number of sulfonamides is 1. The fraction of sp³-hybridized carbons (Fsp3) is 0.571. The molecule has 0 spiro atoms. The van der Waals surface area contributed by atoms with Gasteiger partial charge in [0.05, 0.1) is 14.2 Å². The predicted octanol–water partition coefficient (Wildman–Crippen LogP) is 1.10. The Labute approximate surface area is 141 Å². The van der Waals surface area contributed by atoms with Gasteiger partial charge in [-0.2, -0.15) is 4.31 Å². The zero-order valence-electron chi connectivity index (χ0n) is 12.9. The van der Waals surface area contributed by atoms with E-state index in [9.17, 15) is 12.8 Å². The minimum absolute atomic E-state index is 0. The van der Waals surface area contributed by atoms with Crippen molar-refractivity contribution in [2.75, 3.05) is 40.4 Å². The minimum atomic E-state index is -3.87. The summed E-state index contributed by atoms with van der Waals surface area (Å²) in [6.07, 6.45) is 0.